The third-order valence-electron chi connectivity index (χ3n) is 1.62. The number of nitrogens with two attached hydrogens (primary N) is 1. The van der Waals surface area contributed by atoms with Crippen molar-refractivity contribution in [2.24, 2.45) is 5.73 Å². The second-order valence-electron chi connectivity index (χ2n) is 2.36. The summed E-state index contributed by atoms with van der Waals surface area (Å²) in [6.45, 7) is 1.25. The van der Waals surface area contributed by atoms with Gasteiger partial charge in [0.05, 0.1) is 6.10 Å². The summed E-state index contributed by atoms with van der Waals surface area (Å²) in [5.74, 6) is 0. The molecule has 0 saturated carbocycles. The van der Waals surface area contributed by atoms with E-state index in [0.717, 1.165) is 17.3 Å². The second kappa shape index (κ2) is 7.24. The number of ether oxygens (including phenoxy) is 1. The van der Waals surface area contributed by atoms with Crippen molar-refractivity contribution in [2.45, 2.75) is 31.9 Å². The smallest absolute Gasteiger partial charge is 0.188 e. The van der Waals surface area contributed by atoms with Crippen LogP contribution in [0.15, 0.2) is 0 Å². The van der Waals surface area contributed by atoms with Crippen molar-refractivity contribution in [2.75, 3.05) is 11.3 Å². The molecule has 0 fully saturated rings. The molecule has 0 bridgehead atoms. The maximum atomic E-state index is 11.8. The minimum atomic E-state index is -0.727. The lowest BCUT2D eigenvalue weighted by molar-refractivity contribution is -0.0183. The molecule has 68 valence electrons. The highest BCUT2D eigenvalue weighted by molar-refractivity contribution is 14.1. The lowest BCUT2D eigenvalue weighted by atomic mass is 10.1. The van der Waals surface area contributed by atoms with Gasteiger partial charge in [0, 0.05) is 10.5 Å². The first-order valence-electron chi connectivity index (χ1n) is 3.75. The van der Waals surface area contributed by atoms with Crippen molar-refractivity contribution in [1.29, 1.82) is 0 Å². The van der Waals surface area contributed by atoms with Crippen LogP contribution in [0, 0.1) is 0 Å². The van der Waals surface area contributed by atoms with Crippen LogP contribution in [-0.2, 0) is 4.74 Å². The van der Waals surface area contributed by atoms with Crippen molar-refractivity contribution >= 4 is 22.6 Å². The van der Waals surface area contributed by atoms with Gasteiger partial charge in [0.25, 0.3) is 0 Å². The van der Waals surface area contributed by atoms with E-state index in [0.29, 0.717) is 0 Å². The van der Waals surface area contributed by atoms with Gasteiger partial charge in [0.2, 0.25) is 0 Å². The van der Waals surface area contributed by atoms with Crippen molar-refractivity contribution in [3.63, 3.8) is 0 Å². The Balaban J connectivity index is 3.66. The van der Waals surface area contributed by atoms with E-state index in [-0.39, 0.29) is 12.1 Å². The zero-order chi connectivity index (χ0) is 8.69. The third-order valence-corrected chi connectivity index (χ3v) is 2.24. The van der Waals surface area contributed by atoms with Gasteiger partial charge in [-0.15, -0.1) is 0 Å². The summed E-state index contributed by atoms with van der Waals surface area (Å²) < 4.78 is 17.6. The van der Waals surface area contributed by atoms with Gasteiger partial charge in [-0.1, -0.05) is 29.5 Å². The van der Waals surface area contributed by atoms with Crippen molar-refractivity contribution in [3.8, 4) is 0 Å². The van der Waals surface area contributed by atoms with Crippen LogP contribution in [0.1, 0.15) is 19.8 Å². The van der Waals surface area contributed by atoms with Gasteiger partial charge in [0.15, 0.2) is 6.86 Å². The fourth-order valence-corrected chi connectivity index (χ4v) is 1.49. The molecule has 4 heteroatoms. The van der Waals surface area contributed by atoms with Crippen molar-refractivity contribution in [3.05, 3.63) is 0 Å². The van der Waals surface area contributed by atoms with Gasteiger partial charge >= 0.3 is 0 Å². The first-order valence-corrected chi connectivity index (χ1v) is 5.27. The fraction of sp³-hybridized carbons (Fsp3) is 1.00. The van der Waals surface area contributed by atoms with Crippen LogP contribution in [0.25, 0.3) is 0 Å². The van der Waals surface area contributed by atoms with Crippen molar-refractivity contribution in [1.82, 2.24) is 0 Å². The zero-order valence-electron chi connectivity index (χ0n) is 6.72. The van der Waals surface area contributed by atoms with Crippen LogP contribution in [0.2, 0.25) is 0 Å². The average molecular weight is 275 g/mol. The summed E-state index contributed by atoms with van der Waals surface area (Å²) >= 11 is 2.23. The van der Waals surface area contributed by atoms with E-state index >= 15 is 0 Å². The first kappa shape index (κ1) is 11.6. The van der Waals surface area contributed by atoms with Gasteiger partial charge < -0.3 is 10.5 Å². The quantitative estimate of drug-likeness (QED) is 0.593. The van der Waals surface area contributed by atoms with Crippen LogP contribution < -0.4 is 5.73 Å². The summed E-state index contributed by atoms with van der Waals surface area (Å²) in [6.07, 6.45) is 1.56. The van der Waals surface area contributed by atoms with Crippen LogP contribution in [-0.4, -0.2) is 23.4 Å². The highest BCUT2D eigenvalue weighted by atomic mass is 127. The maximum absolute atomic E-state index is 11.8. The van der Waals surface area contributed by atoms with Gasteiger partial charge in [-0.3, -0.25) is 0 Å². The summed E-state index contributed by atoms with van der Waals surface area (Å²) in [4.78, 5) is 0. The molecule has 0 amide bonds. The van der Waals surface area contributed by atoms with Crippen LogP contribution in [0.4, 0.5) is 4.39 Å². The largest absolute Gasteiger partial charge is 0.346 e. The molecule has 0 heterocycles. The predicted molar refractivity (Wildman–Crippen MR) is 52.6 cm³/mol. The Morgan fingerprint density at radius 2 is 2.27 bits per heavy atom. The molecule has 0 aromatic carbocycles. The Morgan fingerprint density at radius 3 is 2.64 bits per heavy atom. The molecule has 0 radical (unpaired) electrons. The third kappa shape index (κ3) is 4.92. The molecule has 0 aliphatic heterocycles. The standard InChI is InChI=1S/C7H15FINO/c1-2-6(10)7(3-4-9)11-5-8/h6-7H,2-5,10H2,1H3. The Hall–Kier alpha value is 0.580. The summed E-state index contributed by atoms with van der Waals surface area (Å²) in [5, 5.41) is 0. The lowest BCUT2D eigenvalue weighted by Crippen LogP contribution is -2.36. The molecule has 0 aromatic heterocycles. The molecule has 0 aliphatic rings. The molecule has 2 atom stereocenters. The molecule has 11 heavy (non-hydrogen) atoms. The molecule has 2 unspecified atom stereocenters. The average Bonchev–Trinajstić information content (AvgIpc) is 2.03. The molecule has 0 aromatic rings. The number of alkyl halides is 2. The van der Waals surface area contributed by atoms with E-state index in [2.05, 4.69) is 22.6 Å². The zero-order valence-corrected chi connectivity index (χ0v) is 8.88. The number of rotatable bonds is 6. The van der Waals surface area contributed by atoms with Crippen LogP contribution in [0.5, 0.6) is 0 Å². The second-order valence-corrected chi connectivity index (χ2v) is 3.44. The van der Waals surface area contributed by atoms with Crippen LogP contribution in [0.3, 0.4) is 0 Å². The Labute approximate surface area is 80.8 Å². The van der Waals surface area contributed by atoms with Gasteiger partial charge in [-0.05, 0) is 12.8 Å². The van der Waals surface area contributed by atoms with Gasteiger partial charge in [0.1, 0.15) is 0 Å². The lowest BCUT2D eigenvalue weighted by Gasteiger charge is -2.20. The minimum absolute atomic E-state index is 0.0273. The Bertz CT molecular complexity index is 88.5. The molecule has 2 N–H and O–H groups in total. The molecule has 0 rings (SSSR count). The van der Waals surface area contributed by atoms with Gasteiger partial charge in [-0.25, -0.2) is 4.39 Å². The van der Waals surface area contributed by atoms with E-state index in [1.807, 2.05) is 6.92 Å². The summed E-state index contributed by atoms with van der Waals surface area (Å²) in [7, 11) is 0. The Kier molecular flexibility index (Phi) is 7.62. The monoisotopic (exact) mass is 275 g/mol. The summed E-state index contributed by atoms with van der Waals surface area (Å²) in [5.41, 5.74) is 5.69. The van der Waals surface area contributed by atoms with E-state index in [9.17, 15) is 4.39 Å². The first-order chi connectivity index (χ1) is 5.26. The van der Waals surface area contributed by atoms with E-state index in [1.165, 1.54) is 0 Å². The molecular weight excluding hydrogens is 260 g/mol. The molecule has 0 aliphatic carbocycles. The molecule has 0 spiro atoms. The SMILES string of the molecule is CCC(N)C(CCI)OCF. The summed E-state index contributed by atoms with van der Waals surface area (Å²) in [6, 6.07) is -0.0273. The topological polar surface area (TPSA) is 35.2 Å². The fourth-order valence-electron chi connectivity index (χ4n) is 0.872. The predicted octanol–water partition coefficient (Wildman–Crippen LogP) is 1.86. The highest BCUT2D eigenvalue weighted by Crippen LogP contribution is 2.08. The van der Waals surface area contributed by atoms with Crippen molar-refractivity contribution < 1.29 is 9.13 Å². The minimum Gasteiger partial charge on any atom is -0.346 e. The van der Waals surface area contributed by atoms with Crippen LogP contribution >= 0.6 is 22.6 Å². The molecule has 0 saturated heterocycles. The highest BCUT2D eigenvalue weighted by Gasteiger charge is 2.15. The number of halogens is 2. The number of hydrogen-bond donors (Lipinski definition) is 1. The molecule has 2 nitrogen and oxygen atoms in total. The van der Waals surface area contributed by atoms with E-state index < -0.39 is 6.86 Å². The maximum Gasteiger partial charge on any atom is 0.188 e. The normalized spacial score (nSPS) is 16.4. The van der Waals surface area contributed by atoms with E-state index in [1.54, 1.807) is 0 Å². The molecular formula is C7H15FINO. The number of hydrogen-bond acceptors (Lipinski definition) is 2. The Morgan fingerprint density at radius 1 is 1.64 bits per heavy atom. The van der Waals surface area contributed by atoms with E-state index in [4.69, 9.17) is 10.5 Å². The van der Waals surface area contributed by atoms with Gasteiger partial charge in [-0.2, -0.15) is 0 Å².